The van der Waals surface area contributed by atoms with Gasteiger partial charge in [-0.1, -0.05) is 30.3 Å². The fourth-order valence-electron chi connectivity index (χ4n) is 2.17. The first kappa shape index (κ1) is 11.6. The maximum Gasteiger partial charge on any atom is 0.0483 e. The van der Waals surface area contributed by atoms with E-state index in [0.717, 1.165) is 32.7 Å². The highest BCUT2D eigenvalue weighted by molar-refractivity contribution is 5.14. The van der Waals surface area contributed by atoms with E-state index in [1.807, 2.05) is 6.07 Å². The first-order chi connectivity index (χ1) is 7.88. The number of rotatable bonds is 3. The molecule has 1 atom stereocenters. The van der Waals surface area contributed by atoms with E-state index in [9.17, 15) is 5.11 Å². The molecule has 1 aliphatic heterocycles. The molecule has 0 saturated carbocycles. The van der Waals surface area contributed by atoms with Crippen LogP contribution in [0, 0.1) is 5.92 Å². The molecule has 2 N–H and O–H groups in total. The number of benzene rings is 1. The lowest BCUT2D eigenvalue weighted by Gasteiger charge is -2.22. The second-order valence-corrected chi connectivity index (χ2v) is 4.47. The smallest absolute Gasteiger partial charge is 0.0483 e. The number of hydrogen-bond donors (Lipinski definition) is 2. The molecule has 1 aliphatic rings. The van der Waals surface area contributed by atoms with Crippen LogP contribution in [0.5, 0.6) is 0 Å². The molecule has 3 heteroatoms. The summed E-state index contributed by atoms with van der Waals surface area (Å²) in [6, 6.07) is 10.5. The van der Waals surface area contributed by atoms with Crippen LogP contribution in [0.15, 0.2) is 30.3 Å². The van der Waals surface area contributed by atoms with Crippen LogP contribution < -0.4 is 5.32 Å². The number of hydrogen-bond acceptors (Lipinski definition) is 3. The van der Waals surface area contributed by atoms with Crippen LogP contribution in [0.4, 0.5) is 0 Å². The summed E-state index contributed by atoms with van der Waals surface area (Å²) < 4.78 is 0. The van der Waals surface area contributed by atoms with Crippen molar-refractivity contribution in [2.45, 2.75) is 6.54 Å². The third-order valence-electron chi connectivity index (χ3n) is 3.06. The molecule has 0 amide bonds. The Balaban J connectivity index is 1.93. The average Bonchev–Trinajstić information content (AvgIpc) is 2.55. The van der Waals surface area contributed by atoms with Crippen LogP contribution in [-0.2, 0) is 6.54 Å². The predicted molar refractivity (Wildman–Crippen MR) is 65.2 cm³/mol. The largest absolute Gasteiger partial charge is 0.396 e. The number of nitrogens with one attached hydrogen (secondary N) is 1. The second-order valence-electron chi connectivity index (χ2n) is 4.47. The highest BCUT2D eigenvalue weighted by Gasteiger charge is 2.16. The molecule has 0 bridgehead atoms. The first-order valence-electron chi connectivity index (χ1n) is 5.96. The standard InChI is InChI=1S/C13H20N2O/c16-11-13-8-14-6-7-15(10-13)9-12-4-2-1-3-5-12/h1-5,13-14,16H,6-11H2/t13-/m1/s1. The summed E-state index contributed by atoms with van der Waals surface area (Å²) in [4.78, 5) is 2.41. The van der Waals surface area contributed by atoms with Crippen LogP contribution in [0.2, 0.25) is 0 Å². The van der Waals surface area contributed by atoms with Gasteiger partial charge in [-0.05, 0) is 5.56 Å². The minimum atomic E-state index is 0.276. The van der Waals surface area contributed by atoms with Gasteiger partial charge in [-0.2, -0.15) is 0 Å². The topological polar surface area (TPSA) is 35.5 Å². The van der Waals surface area contributed by atoms with E-state index in [1.54, 1.807) is 0 Å². The zero-order valence-corrected chi connectivity index (χ0v) is 9.60. The van der Waals surface area contributed by atoms with E-state index in [1.165, 1.54) is 5.56 Å². The highest BCUT2D eigenvalue weighted by atomic mass is 16.3. The Labute approximate surface area is 97.1 Å². The van der Waals surface area contributed by atoms with Gasteiger partial charge in [-0.15, -0.1) is 0 Å². The minimum absolute atomic E-state index is 0.276. The fourth-order valence-corrected chi connectivity index (χ4v) is 2.17. The van der Waals surface area contributed by atoms with Gasteiger partial charge in [0.25, 0.3) is 0 Å². The number of nitrogens with zero attached hydrogens (tertiary/aromatic N) is 1. The molecule has 0 spiro atoms. The molecular weight excluding hydrogens is 200 g/mol. The highest BCUT2D eigenvalue weighted by Crippen LogP contribution is 2.08. The molecule has 2 rings (SSSR count). The van der Waals surface area contributed by atoms with Crippen LogP contribution in [0.1, 0.15) is 5.56 Å². The summed E-state index contributed by atoms with van der Waals surface area (Å²) in [5.74, 6) is 0.367. The summed E-state index contributed by atoms with van der Waals surface area (Å²) in [7, 11) is 0. The van der Waals surface area contributed by atoms with Gasteiger partial charge in [0.2, 0.25) is 0 Å². The molecular formula is C13H20N2O. The lowest BCUT2D eigenvalue weighted by molar-refractivity contribution is 0.177. The second kappa shape index (κ2) is 5.99. The van der Waals surface area contributed by atoms with Crippen molar-refractivity contribution in [2.24, 2.45) is 5.92 Å². The van der Waals surface area contributed by atoms with Gasteiger partial charge in [0.05, 0.1) is 0 Å². The van der Waals surface area contributed by atoms with Gasteiger partial charge in [0.1, 0.15) is 0 Å². The molecule has 3 nitrogen and oxygen atoms in total. The Bertz CT molecular complexity index is 302. The number of aliphatic hydroxyl groups is 1. The van der Waals surface area contributed by atoms with Crippen molar-refractivity contribution in [3.8, 4) is 0 Å². The minimum Gasteiger partial charge on any atom is -0.396 e. The third-order valence-corrected chi connectivity index (χ3v) is 3.06. The van der Waals surface area contributed by atoms with Crippen LogP contribution in [-0.4, -0.2) is 42.8 Å². The molecule has 1 heterocycles. The summed E-state index contributed by atoms with van der Waals surface area (Å²) in [6.45, 7) is 5.26. The van der Waals surface area contributed by atoms with Gasteiger partial charge in [-0.3, -0.25) is 4.90 Å². The SMILES string of the molecule is OC[C@@H]1CNCCN(Cc2ccccc2)C1. The van der Waals surface area contributed by atoms with E-state index < -0.39 is 0 Å². The maximum absolute atomic E-state index is 9.23. The van der Waals surface area contributed by atoms with Gasteiger partial charge in [0.15, 0.2) is 0 Å². The Kier molecular flexibility index (Phi) is 4.34. The van der Waals surface area contributed by atoms with Crippen molar-refractivity contribution in [2.75, 3.05) is 32.8 Å². The Morgan fingerprint density at radius 2 is 2.12 bits per heavy atom. The third kappa shape index (κ3) is 3.30. The molecule has 0 radical (unpaired) electrons. The summed E-state index contributed by atoms with van der Waals surface area (Å²) >= 11 is 0. The van der Waals surface area contributed by atoms with Gasteiger partial charge >= 0.3 is 0 Å². The molecule has 16 heavy (non-hydrogen) atoms. The zero-order valence-electron chi connectivity index (χ0n) is 9.60. The Hall–Kier alpha value is -0.900. The summed E-state index contributed by atoms with van der Waals surface area (Å²) in [5.41, 5.74) is 1.35. The van der Waals surface area contributed by atoms with Crippen molar-refractivity contribution in [1.82, 2.24) is 10.2 Å². The van der Waals surface area contributed by atoms with E-state index in [0.29, 0.717) is 5.92 Å². The van der Waals surface area contributed by atoms with Crippen molar-refractivity contribution in [3.63, 3.8) is 0 Å². The number of aliphatic hydroxyl groups excluding tert-OH is 1. The Morgan fingerprint density at radius 3 is 2.88 bits per heavy atom. The van der Waals surface area contributed by atoms with Crippen LogP contribution >= 0.6 is 0 Å². The van der Waals surface area contributed by atoms with Gasteiger partial charge in [0, 0.05) is 45.2 Å². The molecule has 1 saturated heterocycles. The normalized spacial score (nSPS) is 22.9. The molecule has 1 aromatic rings. The molecule has 1 fully saturated rings. The lowest BCUT2D eigenvalue weighted by atomic mass is 10.1. The zero-order chi connectivity index (χ0) is 11.2. The van der Waals surface area contributed by atoms with Crippen LogP contribution in [0.25, 0.3) is 0 Å². The Morgan fingerprint density at radius 1 is 1.31 bits per heavy atom. The lowest BCUT2D eigenvalue weighted by Crippen LogP contribution is -2.30. The fraction of sp³-hybridized carbons (Fsp3) is 0.538. The molecule has 0 unspecified atom stereocenters. The van der Waals surface area contributed by atoms with Crippen molar-refractivity contribution < 1.29 is 5.11 Å². The van der Waals surface area contributed by atoms with E-state index in [-0.39, 0.29) is 6.61 Å². The predicted octanol–water partition coefficient (Wildman–Crippen LogP) is 0.700. The van der Waals surface area contributed by atoms with Crippen molar-refractivity contribution in [1.29, 1.82) is 0 Å². The summed E-state index contributed by atoms with van der Waals surface area (Å²) in [5, 5.41) is 12.6. The van der Waals surface area contributed by atoms with Gasteiger partial charge < -0.3 is 10.4 Å². The van der Waals surface area contributed by atoms with Gasteiger partial charge in [-0.25, -0.2) is 0 Å². The maximum atomic E-state index is 9.23. The molecule has 1 aromatic carbocycles. The molecule has 0 aromatic heterocycles. The molecule has 0 aliphatic carbocycles. The summed E-state index contributed by atoms with van der Waals surface area (Å²) in [6.07, 6.45) is 0. The van der Waals surface area contributed by atoms with E-state index in [2.05, 4.69) is 34.5 Å². The monoisotopic (exact) mass is 220 g/mol. The quantitative estimate of drug-likeness (QED) is 0.787. The van der Waals surface area contributed by atoms with E-state index in [4.69, 9.17) is 0 Å². The van der Waals surface area contributed by atoms with E-state index >= 15 is 0 Å². The van der Waals surface area contributed by atoms with Crippen molar-refractivity contribution in [3.05, 3.63) is 35.9 Å². The molecule has 88 valence electrons. The average molecular weight is 220 g/mol. The first-order valence-corrected chi connectivity index (χ1v) is 5.96. The van der Waals surface area contributed by atoms with Crippen LogP contribution in [0.3, 0.4) is 0 Å². The van der Waals surface area contributed by atoms with Crippen molar-refractivity contribution >= 4 is 0 Å².